The first-order valence-corrected chi connectivity index (χ1v) is 3.49. The summed E-state index contributed by atoms with van der Waals surface area (Å²) >= 11 is 7.42. The topological polar surface area (TPSA) is 17.1 Å². The molecule has 0 amide bonds. The molecule has 3 heteroatoms. The third kappa shape index (κ3) is 5.54. The number of rotatable bonds is 2. The highest BCUT2D eigenvalue weighted by molar-refractivity contribution is 7.83. The fourth-order valence-electron chi connectivity index (χ4n) is 0.280. The predicted molar refractivity (Wildman–Crippen MR) is 48.3 cm³/mol. The smallest absolute Gasteiger partial charge is 0.193 e. The van der Waals surface area contributed by atoms with Gasteiger partial charge in [0.2, 0.25) is 0 Å². The predicted octanol–water partition coefficient (Wildman–Crippen LogP) is 1.75. The summed E-state index contributed by atoms with van der Waals surface area (Å²) in [5.74, 6) is -0.185. The Morgan fingerprint density at radius 1 is 1.10 bits per heavy atom. The van der Waals surface area contributed by atoms with Gasteiger partial charge >= 0.3 is 0 Å². The molecule has 0 atom stereocenters. The Kier molecular flexibility index (Phi) is 6.14. The lowest BCUT2D eigenvalue weighted by atomic mass is 10.4. The van der Waals surface area contributed by atoms with Gasteiger partial charge in [0, 0.05) is 23.0 Å². The molecule has 1 nitrogen and oxygen atoms in total. The van der Waals surface area contributed by atoms with Crippen LogP contribution in [-0.2, 0) is 4.79 Å². The number of hydrogen-bond donors (Lipinski definition) is 2. The van der Waals surface area contributed by atoms with E-state index in [4.69, 9.17) is 0 Å². The maximum atomic E-state index is 10.6. The van der Waals surface area contributed by atoms with Crippen molar-refractivity contribution in [1.82, 2.24) is 0 Å². The van der Waals surface area contributed by atoms with Crippen molar-refractivity contribution in [2.24, 2.45) is 0 Å². The van der Waals surface area contributed by atoms with E-state index in [0.29, 0.717) is 0 Å². The van der Waals surface area contributed by atoms with Gasteiger partial charge in [0.1, 0.15) is 0 Å². The SMILES string of the molecule is O=C(C=C=CS)C=C=CS. The largest absolute Gasteiger partial charge is 0.289 e. The quantitative estimate of drug-likeness (QED) is 0.367. The molecule has 0 fully saturated rings. The van der Waals surface area contributed by atoms with Gasteiger partial charge in [-0.05, 0) is 0 Å². The van der Waals surface area contributed by atoms with Gasteiger partial charge in [-0.1, -0.05) is 0 Å². The van der Waals surface area contributed by atoms with E-state index in [1.807, 2.05) is 0 Å². The molecule has 0 bridgehead atoms. The minimum absolute atomic E-state index is 0.185. The molecule has 52 valence electrons. The van der Waals surface area contributed by atoms with Gasteiger partial charge in [-0.25, -0.2) is 0 Å². The van der Waals surface area contributed by atoms with Crippen LogP contribution in [0.5, 0.6) is 0 Å². The summed E-state index contributed by atoms with van der Waals surface area (Å²) in [7, 11) is 0. The molecule has 0 aromatic heterocycles. The number of thiol groups is 2. The summed E-state index contributed by atoms with van der Waals surface area (Å²) in [6.45, 7) is 0. The van der Waals surface area contributed by atoms with Gasteiger partial charge in [-0.3, -0.25) is 4.79 Å². The Bertz CT molecular complexity index is 204. The van der Waals surface area contributed by atoms with Gasteiger partial charge in [0.05, 0.1) is 0 Å². The van der Waals surface area contributed by atoms with Crippen molar-refractivity contribution < 1.29 is 4.79 Å². The number of allylic oxidation sites excluding steroid dienone is 2. The zero-order valence-corrected chi connectivity index (χ0v) is 6.90. The van der Waals surface area contributed by atoms with Crippen LogP contribution in [0.25, 0.3) is 0 Å². The number of hydrogen-bond acceptors (Lipinski definition) is 3. The number of carbonyl (C=O) groups excluding carboxylic acids is 1. The zero-order chi connectivity index (χ0) is 7.82. The summed E-state index contributed by atoms with van der Waals surface area (Å²) < 4.78 is 0. The Morgan fingerprint density at radius 2 is 1.50 bits per heavy atom. The van der Waals surface area contributed by atoms with Crippen LogP contribution in [0.15, 0.2) is 34.4 Å². The second-order valence-corrected chi connectivity index (χ2v) is 1.80. The molecule has 0 N–H and O–H groups in total. The van der Waals surface area contributed by atoms with Crippen molar-refractivity contribution in [2.75, 3.05) is 0 Å². The van der Waals surface area contributed by atoms with Gasteiger partial charge in [-0.2, -0.15) is 0 Å². The summed E-state index contributed by atoms with van der Waals surface area (Å²) in [6.07, 6.45) is 2.52. The highest BCUT2D eigenvalue weighted by atomic mass is 32.1. The van der Waals surface area contributed by atoms with Crippen molar-refractivity contribution >= 4 is 31.0 Å². The lowest BCUT2D eigenvalue weighted by molar-refractivity contribution is -0.110. The van der Waals surface area contributed by atoms with E-state index >= 15 is 0 Å². The molecule has 0 unspecified atom stereocenters. The fraction of sp³-hybridized carbons (Fsp3) is 0. The van der Waals surface area contributed by atoms with E-state index in [2.05, 4.69) is 36.7 Å². The van der Waals surface area contributed by atoms with E-state index < -0.39 is 0 Å². The van der Waals surface area contributed by atoms with Crippen molar-refractivity contribution in [3.8, 4) is 0 Å². The molecule has 0 aromatic rings. The van der Waals surface area contributed by atoms with E-state index in [9.17, 15) is 4.79 Å². The minimum atomic E-state index is -0.185. The van der Waals surface area contributed by atoms with Crippen LogP contribution in [0.3, 0.4) is 0 Å². The summed E-state index contributed by atoms with van der Waals surface area (Å²) in [5.41, 5.74) is 5.02. The standard InChI is InChI=1S/C7H6OS2/c8-7(3-1-5-9)4-2-6-10/h3-6,9-10H. The molecule has 0 radical (unpaired) electrons. The van der Waals surface area contributed by atoms with Crippen LogP contribution in [0.4, 0.5) is 0 Å². The third-order valence-electron chi connectivity index (χ3n) is 0.600. The highest BCUT2D eigenvalue weighted by Crippen LogP contribution is 1.79. The Hall–Kier alpha value is -0.590. The second kappa shape index (κ2) is 6.53. The van der Waals surface area contributed by atoms with Gasteiger partial charge in [0.15, 0.2) is 5.78 Å². The monoisotopic (exact) mass is 170 g/mol. The zero-order valence-electron chi connectivity index (χ0n) is 5.11. The maximum absolute atomic E-state index is 10.6. The van der Waals surface area contributed by atoms with Crippen LogP contribution in [0.2, 0.25) is 0 Å². The summed E-state index contributed by atoms with van der Waals surface area (Å²) in [4.78, 5) is 10.6. The lowest BCUT2D eigenvalue weighted by Crippen LogP contribution is -1.80. The van der Waals surface area contributed by atoms with Crippen LogP contribution < -0.4 is 0 Å². The molecule has 0 aromatic carbocycles. The van der Waals surface area contributed by atoms with Crippen molar-refractivity contribution in [3.05, 3.63) is 34.4 Å². The van der Waals surface area contributed by atoms with Crippen LogP contribution in [0.1, 0.15) is 0 Å². The van der Waals surface area contributed by atoms with Crippen LogP contribution in [-0.4, -0.2) is 5.78 Å². The first-order chi connectivity index (χ1) is 4.81. The molecular formula is C7H6OS2. The number of carbonyl (C=O) groups is 1. The molecule has 10 heavy (non-hydrogen) atoms. The molecule has 0 rings (SSSR count). The fourth-order valence-corrected chi connectivity index (χ4v) is 0.430. The maximum Gasteiger partial charge on any atom is 0.193 e. The van der Waals surface area contributed by atoms with Gasteiger partial charge < -0.3 is 0 Å². The van der Waals surface area contributed by atoms with Crippen molar-refractivity contribution in [1.29, 1.82) is 0 Å². The normalized spacial score (nSPS) is 6.60. The van der Waals surface area contributed by atoms with Crippen molar-refractivity contribution in [3.63, 3.8) is 0 Å². The average molecular weight is 170 g/mol. The Balaban J connectivity index is 4.13. The lowest BCUT2D eigenvalue weighted by Gasteiger charge is -1.71. The third-order valence-corrected chi connectivity index (χ3v) is 0.898. The molecule has 0 aliphatic carbocycles. The van der Waals surface area contributed by atoms with Crippen LogP contribution in [0, 0.1) is 0 Å². The van der Waals surface area contributed by atoms with Crippen molar-refractivity contribution in [2.45, 2.75) is 0 Å². The molecule has 0 saturated carbocycles. The van der Waals surface area contributed by atoms with Gasteiger partial charge in [-0.15, -0.1) is 36.7 Å². The van der Waals surface area contributed by atoms with E-state index in [-0.39, 0.29) is 5.78 Å². The summed E-state index contributed by atoms with van der Waals surface area (Å²) in [5, 5.41) is 2.71. The molecule has 0 spiro atoms. The van der Waals surface area contributed by atoms with Crippen LogP contribution >= 0.6 is 25.3 Å². The van der Waals surface area contributed by atoms with E-state index in [1.54, 1.807) is 0 Å². The highest BCUT2D eigenvalue weighted by Gasteiger charge is 1.81. The van der Waals surface area contributed by atoms with E-state index in [0.717, 1.165) is 0 Å². The van der Waals surface area contributed by atoms with Gasteiger partial charge in [0.25, 0.3) is 0 Å². The first kappa shape index (κ1) is 9.41. The molecule has 0 saturated heterocycles. The Labute approximate surface area is 70.6 Å². The molecular weight excluding hydrogens is 164 g/mol. The minimum Gasteiger partial charge on any atom is -0.289 e. The van der Waals surface area contributed by atoms with E-state index in [1.165, 1.54) is 23.0 Å². The molecule has 0 aliphatic heterocycles. The average Bonchev–Trinajstić information content (AvgIpc) is 1.97. The molecule has 0 heterocycles. The molecule has 0 aliphatic rings. The number of ketones is 1. The second-order valence-electron chi connectivity index (χ2n) is 1.28. The first-order valence-electron chi connectivity index (χ1n) is 2.45. The summed E-state index contributed by atoms with van der Waals surface area (Å²) in [6, 6.07) is 0. The Morgan fingerprint density at radius 3 is 1.80 bits per heavy atom.